The SMILES string of the molecule is Cc1cccc2[nH]cc(C(=O)c3ccc(Br)cc3Cl)c12. The van der Waals surface area contributed by atoms with E-state index in [1.165, 1.54) is 0 Å². The molecule has 100 valence electrons. The summed E-state index contributed by atoms with van der Waals surface area (Å²) in [7, 11) is 0. The summed E-state index contributed by atoms with van der Waals surface area (Å²) in [5.74, 6) is -0.0666. The first kappa shape index (κ1) is 13.4. The number of nitrogens with one attached hydrogen (secondary N) is 1. The number of carbonyl (C=O) groups is 1. The summed E-state index contributed by atoms with van der Waals surface area (Å²) in [5, 5.41) is 1.41. The highest BCUT2D eigenvalue weighted by molar-refractivity contribution is 9.10. The average molecular weight is 349 g/mol. The molecule has 3 aromatic rings. The normalized spacial score (nSPS) is 10.9. The maximum Gasteiger partial charge on any atom is 0.196 e. The number of carbonyl (C=O) groups excluding carboxylic acids is 1. The largest absolute Gasteiger partial charge is 0.360 e. The lowest BCUT2D eigenvalue weighted by atomic mass is 10.00. The number of halogens is 2. The third-order valence-corrected chi connectivity index (χ3v) is 4.14. The van der Waals surface area contributed by atoms with Crippen LogP contribution in [-0.4, -0.2) is 10.8 Å². The second-order valence-corrected chi connectivity index (χ2v) is 5.98. The van der Waals surface area contributed by atoms with Crippen molar-refractivity contribution in [1.82, 2.24) is 4.98 Å². The third-order valence-electron chi connectivity index (χ3n) is 3.33. The van der Waals surface area contributed by atoms with Crippen molar-refractivity contribution < 1.29 is 4.79 Å². The first-order chi connectivity index (χ1) is 9.58. The van der Waals surface area contributed by atoms with Gasteiger partial charge in [-0.3, -0.25) is 4.79 Å². The van der Waals surface area contributed by atoms with Crippen LogP contribution in [-0.2, 0) is 0 Å². The number of hydrogen-bond acceptors (Lipinski definition) is 1. The van der Waals surface area contributed by atoms with E-state index in [9.17, 15) is 4.79 Å². The van der Waals surface area contributed by atoms with Gasteiger partial charge in [-0.05, 0) is 36.8 Å². The van der Waals surface area contributed by atoms with Gasteiger partial charge < -0.3 is 4.98 Å². The zero-order chi connectivity index (χ0) is 14.3. The van der Waals surface area contributed by atoms with E-state index in [2.05, 4.69) is 20.9 Å². The molecule has 20 heavy (non-hydrogen) atoms. The van der Waals surface area contributed by atoms with Crippen molar-refractivity contribution in [3.8, 4) is 0 Å². The summed E-state index contributed by atoms with van der Waals surface area (Å²) in [5.41, 5.74) is 3.20. The highest BCUT2D eigenvalue weighted by Gasteiger charge is 2.17. The molecular weight excluding hydrogens is 338 g/mol. The van der Waals surface area contributed by atoms with Gasteiger partial charge in [-0.2, -0.15) is 0 Å². The lowest BCUT2D eigenvalue weighted by Crippen LogP contribution is -2.01. The molecule has 0 amide bonds. The smallest absolute Gasteiger partial charge is 0.196 e. The van der Waals surface area contributed by atoms with Gasteiger partial charge in [0, 0.05) is 32.7 Å². The molecule has 0 aliphatic heterocycles. The van der Waals surface area contributed by atoms with Crippen LogP contribution >= 0.6 is 27.5 Å². The van der Waals surface area contributed by atoms with Gasteiger partial charge in [0.25, 0.3) is 0 Å². The Morgan fingerprint density at radius 2 is 2.00 bits per heavy atom. The summed E-state index contributed by atoms with van der Waals surface area (Å²) >= 11 is 9.51. The number of aromatic nitrogens is 1. The Bertz CT molecular complexity index is 822. The van der Waals surface area contributed by atoms with Crippen LogP contribution < -0.4 is 0 Å². The molecule has 0 saturated carbocycles. The molecule has 0 spiro atoms. The molecule has 0 atom stereocenters. The van der Waals surface area contributed by atoms with E-state index < -0.39 is 0 Å². The standard InChI is InChI=1S/C16H11BrClNO/c1-9-3-2-4-14-15(9)12(8-19-14)16(20)11-6-5-10(17)7-13(11)18/h2-8,19H,1H3. The van der Waals surface area contributed by atoms with Gasteiger partial charge in [0.15, 0.2) is 5.78 Å². The molecule has 1 aromatic heterocycles. The lowest BCUT2D eigenvalue weighted by Gasteiger charge is -2.04. The monoisotopic (exact) mass is 347 g/mol. The number of rotatable bonds is 2. The fourth-order valence-electron chi connectivity index (χ4n) is 2.37. The number of ketones is 1. The first-order valence-corrected chi connectivity index (χ1v) is 7.31. The van der Waals surface area contributed by atoms with Crippen molar-refractivity contribution in [3.63, 3.8) is 0 Å². The van der Waals surface area contributed by atoms with Crippen LogP contribution in [0.3, 0.4) is 0 Å². The Labute approximate surface area is 129 Å². The van der Waals surface area contributed by atoms with E-state index in [4.69, 9.17) is 11.6 Å². The van der Waals surface area contributed by atoms with Gasteiger partial charge in [-0.15, -0.1) is 0 Å². The van der Waals surface area contributed by atoms with Crippen LogP contribution in [0.4, 0.5) is 0 Å². The number of aryl methyl sites for hydroxylation is 1. The Morgan fingerprint density at radius 1 is 1.20 bits per heavy atom. The number of aromatic amines is 1. The molecule has 0 fully saturated rings. The maximum absolute atomic E-state index is 12.7. The topological polar surface area (TPSA) is 32.9 Å². The Hall–Kier alpha value is -1.58. The first-order valence-electron chi connectivity index (χ1n) is 6.14. The van der Waals surface area contributed by atoms with Crippen LogP contribution in [0.25, 0.3) is 10.9 Å². The molecule has 1 N–H and O–H groups in total. The van der Waals surface area contributed by atoms with Gasteiger partial charge in [-0.25, -0.2) is 0 Å². The van der Waals surface area contributed by atoms with E-state index in [0.29, 0.717) is 16.1 Å². The minimum Gasteiger partial charge on any atom is -0.360 e. The summed E-state index contributed by atoms with van der Waals surface area (Å²) < 4.78 is 0.856. The molecule has 0 aliphatic carbocycles. The minimum atomic E-state index is -0.0666. The van der Waals surface area contributed by atoms with Gasteiger partial charge >= 0.3 is 0 Å². The van der Waals surface area contributed by atoms with E-state index in [1.807, 2.05) is 31.2 Å². The van der Waals surface area contributed by atoms with Gasteiger partial charge in [0.05, 0.1) is 5.02 Å². The molecule has 0 bridgehead atoms. The predicted octanol–water partition coefficient (Wildman–Crippen LogP) is 5.12. The van der Waals surface area contributed by atoms with Crippen LogP contribution in [0.2, 0.25) is 5.02 Å². The second-order valence-electron chi connectivity index (χ2n) is 4.65. The number of hydrogen-bond donors (Lipinski definition) is 1. The summed E-state index contributed by atoms with van der Waals surface area (Å²) in [6, 6.07) is 11.2. The van der Waals surface area contributed by atoms with Crippen LogP contribution in [0.5, 0.6) is 0 Å². The van der Waals surface area contributed by atoms with Crippen molar-refractivity contribution in [2.75, 3.05) is 0 Å². The Kier molecular flexibility index (Phi) is 3.40. The molecule has 0 saturated heterocycles. The van der Waals surface area contributed by atoms with Crippen molar-refractivity contribution >= 4 is 44.2 Å². The van der Waals surface area contributed by atoms with Crippen molar-refractivity contribution in [1.29, 1.82) is 0 Å². The number of benzene rings is 2. The zero-order valence-corrected chi connectivity index (χ0v) is 13.0. The summed E-state index contributed by atoms with van der Waals surface area (Å²) in [6.07, 6.45) is 1.75. The summed E-state index contributed by atoms with van der Waals surface area (Å²) in [6.45, 7) is 2.00. The molecule has 0 radical (unpaired) electrons. The average Bonchev–Trinajstić information content (AvgIpc) is 2.83. The Morgan fingerprint density at radius 3 is 2.75 bits per heavy atom. The molecule has 2 aromatic carbocycles. The molecule has 4 heteroatoms. The molecule has 3 rings (SSSR count). The number of fused-ring (bicyclic) bond motifs is 1. The lowest BCUT2D eigenvalue weighted by molar-refractivity contribution is 0.104. The Balaban J connectivity index is 2.18. The van der Waals surface area contributed by atoms with Crippen LogP contribution in [0, 0.1) is 6.92 Å². The van der Waals surface area contributed by atoms with Crippen molar-refractivity contribution in [3.05, 3.63) is 68.8 Å². The van der Waals surface area contributed by atoms with Gasteiger partial charge in [-0.1, -0.05) is 39.7 Å². The van der Waals surface area contributed by atoms with Crippen LogP contribution in [0.15, 0.2) is 47.1 Å². The van der Waals surface area contributed by atoms with Gasteiger partial charge in [0.2, 0.25) is 0 Å². The third kappa shape index (κ3) is 2.17. The van der Waals surface area contributed by atoms with E-state index in [0.717, 1.165) is 20.9 Å². The van der Waals surface area contributed by atoms with Crippen LogP contribution in [0.1, 0.15) is 21.5 Å². The highest BCUT2D eigenvalue weighted by Crippen LogP contribution is 2.28. The van der Waals surface area contributed by atoms with Gasteiger partial charge in [0.1, 0.15) is 0 Å². The minimum absolute atomic E-state index is 0.0666. The fraction of sp³-hybridized carbons (Fsp3) is 0.0625. The van der Waals surface area contributed by atoms with Crippen molar-refractivity contribution in [2.24, 2.45) is 0 Å². The molecule has 0 unspecified atom stereocenters. The maximum atomic E-state index is 12.7. The van der Waals surface area contributed by atoms with Crippen molar-refractivity contribution in [2.45, 2.75) is 6.92 Å². The second kappa shape index (κ2) is 5.08. The predicted molar refractivity (Wildman–Crippen MR) is 85.6 cm³/mol. The quantitative estimate of drug-likeness (QED) is 0.640. The highest BCUT2D eigenvalue weighted by atomic mass is 79.9. The summed E-state index contributed by atoms with van der Waals surface area (Å²) in [4.78, 5) is 15.8. The molecule has 0 aliphatic rings. The number of H-pyrrole nitrogens is 1. The fourth-order valence-corrected chi connectivity index (χ4v) is 3.12. The zero-order valence-electron chi connectivity index (χ0n) is 10.7. The van der Waals surface area contributed by atoms with E-state index >= 15 is 0 Å². The van der Waals surface area contributed by atoms with E-state index in [-0.39, 0.29) is 5.78 Å². The molecular formula is C16H11BrClNO. The van der Waals surface area contributed by atoms with E-state index in [1.54, 1.807) is 18.3 Å². The molecule has 2 nitrogen and oxygen atoms in total. The molecule has 1 heterocycles.